The van der Waals surface area contributed by atoms with Crippen molar-refractivity contribution in [1.29, 1.82) is 0 Å². The van der Waals surface area contributed by atoms with Crippen LogP contribution in [0.2, 0.25) is 0 Å². The van der Waals surface area contributed by atoms with Gasteiger partial charge in [0.25, 0.3) is 5.91 Å². The van der Waals surface area contributed by atoms with Gasteiger partial charge in [-0.2, -0.15) is 11.3 Å². The van der Waals surface area contributed by atoms with Gasteiger partial charge in [-0.25, -0.2) is 0 Å². The summed E-state index contributed by atoms with van der Waals surface area (Å²) in [6.45, 7) is 2.96. The van der Waals surface area contributed by atoms with Crippen LogP contribution in [0.4, 0.5) is 0 Å². The highest BCUT2D eigenvalue weighted by Gasteiger charge is 2.14. The van der Waals surface area contributed by atoms with Gasteiger partial charge in [0.2, 0.25) is 0 Å². The van der Waals surface area contributed by atoms with Crippen LogP contribution in [0.1, 0.15) is 23.7 Å². The van der Waals surface area contributed by atoms with Gasteiger partial charge >= 0.3 is 0 Å². The van der Waals surface area contributed by atoms with Gasteiger partial charge in [0.05, 0.1) is 5.56 Å². The standard InChI is InChI=1S/C10H15N3O2S/c1-2-13(5-3-9(11)12-15)10(14)8-4-6-16-7-8/h4,6-7,15H,2-3,5H2,1H3,(H2,11,12). The van der Waals surface area contributed by atoms with Gasteiger partial charge in [-0.15, -0.1) is 0 Å². The molecule has 0 bridgehead atoms. The van der Waals surface area contributed by atoms with Crippen LogP contribution in [0.3, 0.4) is 0 Å². The van der Waals surface area contributed by atoms with Gasteiger partial charge in [0.1, 0.15) is 5.84 Å². The number of hydrogen-bond acceptors (Lipinski definition) is 4. The van der Waals surface area contributed by atoms with Crippen molar-refractivity contribution in [3.05, 3.63) is 22.4 Å². The molecule has 1 aromatic rings. The van der Waals surface area contributed by atoms with Crippen LogP contribution in [0.5, 0.6) is 0 Å². The molecule has 0 unspecified atom stereocenters. The average Bonchev–Trinajstić information content (AvgIpc) is 2.82. The molecule has 88 valence electrons. The summed E-state index contributed by atoms with van der Waals surface area (Å²) in [5.41, 5.74) is 6.05. The molecule has 0 fully saturated rings. The molecule has 0 spiro atoms. The summed E-state index contributed by atoms with van der Waals surface area (Å²) < 4.78 is 0. The Labute approximate surface area is 98.2 Å². The number of oxime groups is 1. The Morgan fingerprint density at radius 2 is 2.44 bits per heavy atom. The molecule has 0 aliphatic heterocycles. The second-order valence-corrected chi connectivity index (χ2v) is 4.02. The number of carbonyl (C=O) groups excluding carboxylic acids is 1. The van der Waals surface area contributed by atoms with Crippen LogP contribution in [0, 0.1) is 0 Å². The van der Waals surface area contributed by atoms with Gasteiger partial charge < -0.3 is 15.8 Å². The number of amides is 1. The van der Waals surface area contributed by atoms with Gasteiger partial charge in [-0.1, -0.05) is 5.16 Å². The lowest BCUT2D eigenvalue weighted by Crippen LogP contribution is -2.33. The smallest absolute Gasteiger partial charge is 0.254 e. The van der Waals surface area contributed by atoms with E-state index < -0.39 is 0 Å². The van der Waals surface area contributed by atoms with Crippen LogP contribution in [-0.4, -0.2) is 34.9 Å². The maximum Gasteiger partial charge on any atom is 0.254 e. The molecule has 0 atom stereocenters. The fourth-order valence-corrected chi connectivity index (χ4v) is 1.90. The van der Waals surface area contributed by atoms with Crippen molar-refractivity contribution in [3.63, 3.8) is 0 Å². The Morgan fingerprint density at radius 1 is 1.69 bits per heavy atom. The molecular formula is C10H15N3O2S. The lowest BCUT2D eigenvalue weighted by molar-refractivity contribution is 0.0769. The molecule has 5 nitrogen and oxygen atoms in total. The quantitative estimate of drug-likeness (QED) is 0.353. The van der Waals surface area contributed by atoms with E-state index in [1.807, 2.05) is 17.7 Å². The first kappa shape index (κ1) is 12.5. The zero-order valence-electron chi connectivity index (χ0n) is 9.09. The minimum atomic E-state index is -0.0190. The molecule has 0 aliphatic carbocycles. The third-order valence-electron chi connectivity index (χ3n) is 2.20. The molecule has 0 saturated heterocycles. The molecule has 6 heteroatoms. The van der Waals surface area contributed by atoms with Crippen LogP contribution in [0.25, 0.3) is 0 Å². The Bertz CT molecular complexity index is 362. The van der Waals surface area contributed by atoms with Crippen LogP contribution >= 0.6 is 11.3 Å². The molecule has 1 amide bonds. The molecule has 1 aromatic heterocycles. The van der Waals surface area contributed by atoms with Crippen molar-refractivity contribution in [2.24, 2.45) is 10.9 Å². The Balaban J connectivity index is 2.58. The van der Waals surface area contributed by atoms with Gasteiger partial charge in [0, 0.05) is 24.9 Å². The van der Waals surface area contributed by atoms with Crippen LogP contribution in [-0.2, 0) is 0 Å². The van der Waals surface area contributed by atoms with E-state index >= 15 is 0 Å². The topological polar surface area (TPSA) is 78.9 Å². The largest absolute Gasteiger partial charge is 0.409 e. The Morgan fingerprint density at radius 3 is 2.94 bits per heavy atom. The van der Waals surface area contributed by atoms with Crippen LogP contribution in [0.15, 0.2) is 22.0 Å². The van der Waals surface area contributed by atoms with Crippen molar-refractivity contribution in [2.45, 2.75) is 13.3 Å². The summed E-state index contributed by atoms with van der Waals surface area (Å²) in [6, 6.07) is 1.79. The molecule has 0 saturated carbocycles. The highest BCUT2D eigenvalue weighted by atomic mass is 32.1. The van der Waals surface area contributed by atoms with E-state index in [1.165, 1.54) is 11.3 Å². The summed E-state index contributed by atoms with van der Waals surface area (Å²) in [5.74, 6) is 0.117. The van der Waals surface area contributed by atoms with E-state index in [-0.39, 0.29) is 11.7 Å². The lowest BCUT2D eigenvalue weighted by atomic mass is 10.2. The van der Waals surface area contributed by atoms with Crippen molar-refractivity contribution in [1.82, 2.24) is 4.90 Å². The predicted molar refractivity (Wildman–Crippen MR) is 63.9 cm³/mol. The number of amidine groups is 1. The summed E-state index contributed by atoms with van der Waals surface area (Å²) >= 11 is 1.49. The van der Waals surface area contributed by atoms with Gasteiger partial charge in [0.15, 0.2) is 0 Å². The molecule has 1 rings (SSSR count). The third kappa shape index (κ3) is 3.23. The fourth-order valence-electron chi connectivity index (χ4n) is 1.27. The highest BCUT2D eigenvalue weighted by Crippen LogP contribution is 2.09. The first-order chi connectivity index (χ1) is 7.69. The number of hydrogen-bond donors (Lipinski definition) is 2. The fraction of sp³-hybridized carbons (Fsp3) is 0.400. The molecule has 0 radical (unpaired) electrons. The number of carbonyl (C=O) groups is 1. The van der Waals surface area contributed by atoms with E-state index in [9.17, 15) is 4.79 Å². The monoisotopic (exact) mass is 241 g/mol. The van der Waals surface area contributed by atoms with Gasteiger partial charge in [-0.3, -0.25) is 4.79 Å². The van der Waals surface area contributed by atoms with E-state index in [0.29, 0.717) is 25.1 Å². The minimum Gasteiger partial charge on any atom is -0.409 e. The minimum absolute atomic E-state index is 0.0190. The second-order valence-electron chi connectivity index (χ2n) is 3.24. The maximum absolute atomic E-state index is 11.9. The summed E-state index contributed by atoms with van der Waals surface area (Å²) in [5, 5.41) is 15.0. The molecular weight excluding hydrogens is 226 g/mol. The number of rotatable bonds is 5. The first-order valence-corrected chi connectivity index (χ1v) is 5.91. The molecule has 0 aromatic carbocycles. The first-order valence-electron chi connectivity index (χ1n) is 4.97. The van der Waals surface area contributed by atoms with E-state index in [0.717, 1.165) is 0 Å². The normalized spacial score (nSPS) is 11.4. The molecule has 0 aliphatic rings. The molecule has 3 N–H and O–H groups in total. The predicted octanol–water partition coefficient (Wildman–Crippen LogP) is 1.35. The summed E-state index contributed by atoms with van der Waals surface area (Å²) in [7, 11) is 0. The SMILES string of the molecule is CCN(CCC(N)=NO)C(=O)c1ccsc1. The van der Waals surface area contributed by atoms with Crippen molar-refractivity contribution in [2.75, 3.05) is 13.1 Å². The Kier molecular flexibility index (Phi) is 4.78. The summed E-state index contributed by atoms with van der Waals surface area (Å²) in [4.78, 5) is 13.6. The number of nitrogens with zero attached hydrogens (tertiary/aromatic N) is 2. The third-order valence-corrected chi connectivity index (χ3v) is 2.89. The van der Waals surface area contributed by atoms with Crippen molar-refractivity contribution >= 4 is 23.1 Å². The number of nitrogens with two attached hydrogens (primary N) is 1. The number of thiophene rings is 1. The van der Waals surface area contributed by atoms with Crippen LogP contribution < -0.4 is 5.73 Å². The second kappa shape index (κ2) is 6.12. The molecule has 1 heterocycles. The zero-order valence-corrected chi connectivity index (χ0v) is 9.91. The molecule has 16 heavy (non-hydrogen) atoms. The average molecular weight is 241 g/mol. The van der Waals surface area contributed by atoms with Crippen molar-refractivity contribution < 1.29 is 10.0 Å². The van der Waals surface area contributed by atoms with Gasteiger partial charge in [-0.05, 0) is 18.4 Å². The highest BCUT2D eigenvalue weighted by molar-refractivity contribution is 7.08. The zero-order chi connectivity index (χ0) is 12.0. The maximum atomic E-state index is 11.9. The van der Waals surface area contributed by atoms with E-state index in [1.54, 1.807) is 11.0 Å². The lowest BCUT2D eigenvalue weighted by Gasteiger charge is -2.19. The van der Waals surface area contributed by atoms with E-state index in [2.05, 4.69) is 5.16 Å². The van der Waals surface area contributed by atoms with E-state index in [4.69, 9.17) is 10.9 Å². The van der Waals surface area contributed by atoms with Crippen molar-refractivity contribution in [3.8, 4) is 0 Å². The summed E-state index contributed by atoms with van der Waals surface area (Å²) in [6.07, 6.45) is 0.375. The Hall–Kier alpha value is -1.56.